The third-order valence-electron chi connectivity index (χ3n) is 2.67. The number of benzene rings is 2. The Kier molecular flexibility index (Phi) is 4.10. The molecule has 0 aliphatic heterocycles. The number of nitrogens with one attached hydrogen (secondary N) is 2. The fourth-order valence-corrected chi connectivity index (χ4v) is 1.64. The highest BCUT2D eigenvalue weighted by Gasteiger charge is 2.06. The molecule has 20 heavy (non-hydrogen) atoms. The quantitative estimate of drug-likeness (QED) is 0.837. The van der Waals surface area contributed by atoms with Gasteiger partial charge < -0.3 is 10.6 Å². The van der Waals surface area contributed by atoms with Crippen LogP contribution in [0.5, 0.6) is 0 Å². The van der Waals surface area contributed by atoms with Gasteiger partial charge in [-0.05, 0) is 43.3 Å². The number of Topliss-reactive ketones (excluding diaryl/α,β-unsaturated/α-hetero) is 1. The molecule has 0 bridgehead atoms. The van der Waals surface area contributed by atoms with Gasteiger partial charge in [-0.3, -0.25) is 4.79 Å². The zero-order valence-electron chi connectivity index (χ0n) is 10.8. The van der Waals surface area contributed by atoms with Crippen molar-refractivity contribution in [2.45, 2.75) is 6.92 Å². The number of hydrogen-bond donors (Lipinski definition) is 2. The van der Waals surface area contributed by atoms with Crippen molar-refractivity contribution in [3.05, 3.63) is 59.9 Å². The molecule has 0 aromatic heterocycles. The smallest absolute Gasteiger partial charge is 0.308 e. The minimum Gasteiger partial charge on any atom is -0.308 e. The maximum absolute atomic E-state index is 13.4. The first-order valence-corrected chi connectivity index (χ1v) is 6.00. The van der Waals surface area contributed by atoms with E-state index in [-0.39, 0.29) is 11.5 Å². The highest BCUT2D eigenvalue weighted by molar-refractivity contribution is 6.00. The van der Waals surface area contributed by atoms with Gasteiger partial charge in [-0.25, -0.2) is 9.18 Å². The number of amides is 2. The zero-order valence-corrected chi connectivity index (χ0v) is 10.8. The molecular formula is C15H13FN2O2. The normalized spacial score (nSPS) is 9.90. The fraction of sp³-hybridized carbons (Fsp3) is 0.0667. The molecule has 0 heterocycles. The van der Waals surface area contributed by atoms with E-state index in [1.807, 2.05) is 0 Å². The lowest BCUT2D eigenvalue weighted by Crippen LogP contribution is -2.20. The Morgan fingerprint density at radius 2 is 1.60 bits per heavy atom. The van der Waals surface area contributed by atoms with Crippen molar-refractivity contribution in [2.24, 2.45) is 0 Å². The number of carbonyl (C=O) groups is 2. The fourth-order valence-electron chi connectivity index (χ4n) is 1.64. The van der Waals surface area contributed by atoms with Crippen LogP contribution in [0.25, 0.3) is 0 Å². The second-order valence-electron chi connectivity index (χ2n) is 4.19. The molecule has 2 N–H and O–H groups in total. The van der Waals surface area contributed by atoms with Gasteiger partial charge in [0.1, 0.15) is 5.82 Å². The van der Waals surface area contributed by atoms with Crippen LogP contribution >= 0.6 is 0 Å². The van der Waals surface area contributed by atoms with Crippen LogP contribution in [-0.4, -0.2) is 11.8 Å². The van der Waals surface area contributed by atoms with Crippen LogP contribution in [0.3, 0.4) is 0 Å². The highest BCUT2D eigenvalue weighted by atomic mass is 19.1. The molecule has 0 saturated carbocycles. The Morgan fingerprint density at radius 1 is 0.950 bits per heavy atom. The van der Waals surface area contributed by atoms with Crippen LogP contribution in [0.15, 0.2) is 48.5 Å². The summed E-state index contributed by atoms with van der Waals surface area (Å²) in [5.41, 5.74) is 1.18. The molecule has 0 saturated heterocycles. The summed E-state index contributed by atoms with van der Waals surface area (Å²) < 4.78 is 13.4. The molecule has 2 amide bonds. The predicted octanol–water partition coefficient (Wildman–Crippen LogP) is 3.67. The number of para-hydroxylation sites is 1. The van der Waals surface area contributed by atoms with E-state index in [4.69, 9.17) is 0 Å². The number of urea groups is 1. The van der Waals surface area contributed by atoms with Crippen LogP contribution in [-0.2, 0) is 0 Å². The zero-order chi connectivity index (χ0) is 14.5. The summed E-state index contributed by atoms with van der Waals surface area (Å²) in [6.45, 7) is 1.47. The van der Waals surface area contributed by atoms with Crippen molar-refractivity contribution in [1.82, 2.24) is 0 Å². The molecule has 2 rings (SSSR count). The van der Waals surface area contributed by atoms with E-state index in [0.29, 0.717) is 11.3 Å². The van der Waals surface area contributed by atoms with Crippen LogP contribution in [0.4, 0.5) is 20.6 Å². The lowest BCUT2D eigenvalue weighted by Gasteiger charge is -2.08. The Labute approximate surface area is 115 Å². The first-order valence-electron chi connectivity index (χ1n) is 6.00. The topological polar surface area (TPSA) is 58.2 Å². The Morgan fingerprint density at radius 3 is 2.20 bits per heavy atom. The molecule has 2 aromatic carbocycles. The van der Waals surface area contributed by atoms with E-state index in [9.17, 15) is 14.0 Å². The van der Waals surface area contributed by atoms with Gasteiger partial charge in [0.2, 0.25) is 0 Å². The number of ketones is 1. The van der Waals surface area contributed by atoms with Gasteiger partial charge in [-0.1, -0.05) is 12.1 Å². The van der Waals surface area contributed by atoms with Crippen molar-refractivity contribution in [1.29, 1.82) is 0 Å². The molecule has 0 atom stereocenters. The summed E-state index contributed by atoms with van der Waals surface area (Å²) in [7, 11) is 0. The highest BCUT2D eigenvalue weighted by Crippen LogP contribution is 2.14. The third kappa shape index (κ3) is 3.41. The van der Waals surface area contributed by atoms with E-state index in [1.165, 1.54) is 19.1 Å². The predicted molar refractivity (Wildman–Crippen MR) is 75.5 cm³/mol. The van der Waals surface area contributed by atoms with E-state index in [2.05, 4.69) is 10.6 Å². The summed E-state index contributed by atoms with van der Waals surface area (Å²) in [4.78, 5) is 22.8. The number of rotatable bonds is 3. The number of halogens is 1. The summed E-state index contributed by atoms with van der Waals surface area (Å²) >= 11 is 0. The largest absolute Gasteiger partial charge is 0.323 e. The van der Waals surface area contributed by atoms with Crippen LogP contribution in [0.1, 0.15) is 17.3 Å². The van der Waals surface area contributed by atoms with Gasteiger partial charge >= 0.3 is 6.03 Å². The summed E-state index contributed by atoms with van der Waals surface area (Å²) in [5, 5.41) is 4.96. The van der Waals surface area contributed by atoms with E-state index in [0.717, 1.165) is 0 Å². The SMILES string of the molecule is CC(=O)c1ccc(NC(=O)Nc2ccccc2F)cc1. The molecule has 0 aliphatic carbocycles. The van der Waals surface area contributed by atoms with Crippen molar-refractivity contribution in [3.63, 3.8) is 0 Å². The van der Waals surface area contributed by atoms with Crippen LogP contribution in [0.2, 0.25) is 0 Å². The Hall–Kier alpha value is -2.69. The van der Waals surface area contributed by atoms with Crippen molar-refractivity contribution >= 4 is 23.2 Å². The van der Waals surface area contributed by atoms with Gasteiger partial charge in [0.15, 0.2) is 5.78 Å². The third-order valence-corrected chi connectivity index (χ3v) is 2.67. The second kappa shape index (κ2) is 5.97. The Balaban J connectivity index is 2.01. The maximum Gasteiger partial charge on any atom is 0.323 e. The molecule has 0 spiro atoms. The van der Waals surface area contributed by atoms with Crippen molar-refractivity contribution in [2.75, 3.05) is 10.6 Å². The first-order chi connectivity index (χ1) is 9.56. The van der Waals surface area contributed by atoms with E-state index in [1.54, 1.807) is 36.4 Å². The minimum atomic E-state index is -0.550. The van der Waals surface area contributed by atoms with Crippen molar-refractivity contribution in [3.8, 4) is 0 Å². The van der Waals surface area contributed by atoms with Crippen molar-refractivity contribution < 1.29 is 14.0 Å². The van der Waals surface area contributed by atoms with Gasteiger partial charge in [-0.15, -0.1) is 0 Å². The van der Waals surface area contributed by atoms with Gasteiger partial charge in [0.05, 0.1) is 5.69 Å². The van der Waals surface area contributed by atoms with E-state index < -0.39 is 11.8 Å². The molecular weight excluding hydrogens is 259 g/mol. The lowest BCUT2D eigenvalue weighted by atomic mass is 10.1. The van der Waals surface area contributed by atoms with E-state index >= 15 is 0 Å². The average molecular weight is 272 g/mol. The molecule has 2 aromatic rings. The second-order valence-corrected chi connectivity index (χ2v) is 4.19. The number of carbonyl (C=O) groups excluding carboxylic acids is 2. The summed E-state index contributed by atoms with van der Waals surface area (Å²) in [5.74, 6) is -0.554. The summed E-state index contributed by atoms with van der Waals surface area (Å²) in [6.07, 6.45) is 0. The molecule has 0 fully saturated rings. The minimum absolute atomic E-state index is 0.0487. The monoisotopic (exact) mass is 272 g/mol. The standard InChI is InChI=1S/C15H13FN2O2/c1-10(19)11-6-8-12(9-7-11)17-15(20)18-14-5-3-2-4-13(14)16/h2-9H,1H3,(H2,17,18,20). The maximum atomic E-state index is 13.4. The summed E-state index contributed by atoms with van der Waals surface area (Å²) in [6, 6.07) is 11.8. The average Bonchev–Trinajstić information content (AvgIpc) is 2.42. The molecule has 0 aliphatic rings. The molecule has 5 heteroatoms. The first kappa shape index (κ1) is 13.7. The number of anilines is 2. The van der Waals surface area contributed by atoms with Crippen LogP contribution in [0, 0.1) is 5.82 Å². The molecule has 0 radical (unpaired) electrons. The molecule has 102 valence electrons. The van der Waals surface area contributed by atoms with Gasteiger partial charge in [0, 0.05) is 11.3 Å². The van der Waals surface area contributed by atoms with Crippen LogP contribution < -0.4 is 10.6 Å². The Bertz CT molecular complexity index is 639. The van der Waals surface area contributed by atoms with Gasteiger partial charge in [0.25, 0.3) is 0 Å². The molecule has 4 nitrogen and oxygen atoms in total. The number of hydrogen-bond acceptors (Lipinski definition) is 2. The van der Waals surface area contributed by atoms with Gasteiger partial charge in [-0.2, -0.15) is 0 Å². The molecule has 0 unspecified atom stereocenters. The lowest BCUT2D eigenvalue weighted by molar-refractivity contribution is 0.101.